The van der Waals surface area contributed by atoms with Crippen LogP contribution in [0.1, 0.15) is 27.9 Å². The van der Waals surface area contributed by atoms with Gasteiger partial charge in [-0.05, 0) is 36.2 Å². The third kappa shape index (κ3) is 4.04. The van der Waals surface area contributed by atoms with Gasteiger partial charge in [-0.2, -0.15) is 13.2 Å². The van der Waals surface area contributed by atoms with E-state index in [9.17, 15) is 22.8 Å². The predicted octanol–water partition coefficient (Wildman–Crippen LogP) is 3.24. The number of halogens is 3. The minimum absolute atomic E-state index is 0.0901. The smallest absolute Gasteiger partial charge is 0.340 e. The van der Waals surface area contributed by atoms with Crippen LogP contribution in [0.25, 0.3) is 0 Å². The maximum atomic E-state index is 12.6. The summed E-state index contributed by atoms with van der Waals surface area (Å²) >= 11 is 0. The molecule has 0 radical (unpaired) electrons. The molecule has 0 spiro atoms. The maximum Gasteiger partial charge on any atom is 0.416 e. The largest absolute Gasteiger partial charge is 0.416 e. The normalized spacial score (nSPS) is 17.4. The van der Waals surface area contributed by atoms with Gasteiger partial charge >= 0.3 is 6.18 Å². The van der Waals surface area contributed by atoms with E-state index in [4.69, 9.17) is 0 Å². The van der Waals surface area contributed by atoms with Crippen LogP contribution in [0.2, 0.25) is 0 Å². The molecule has 1 aliphatic heterocycles. The van der Waals surface area contributed by atoms with Crippen LogP contribution in [0.15, 0.2) is 54.6 Å². The molecule has 26 heavy (non-hydrogen) atoms. The highest BCUT2D eigenvalue weighted by molar-refractivity contribution is 5.98. The topological polar surface area (TPSA) is 49.4 Å². The lowest BCUT2D eigenvalue weighted by atomic mass is 10.1. The number of alkyl halides is 3. The summed E-state index contributed by atoms with van der Waals surface area (Å²) < 4.78 is 37.7. The molecule has 1 heterocycles. The summed E-state index contributed by atoms with van der Waals surface area (Å²) in [6, 6.07) is 12.8. The second-order valence-corrected chi connectivity index (χ2v) is 6.14. The molecule has 3 rings (SSSR count). The number of hydrogen-bond donors (Lipinski definition) is 1. The molecule has 1 atom stereocenters. The molecule has 2 aromatic rings. The predicted molar refractivity (Wildman–Crippen MR) is 89.2 cm³/mol. The lowest BCUT2D eigenvalue weighted by Gasteiger charge is -2.17. The summed E-state index contributed by atoms with van der Waals surface area (Å²) in [5.74, 6) is -0.743. The Morgan fingerprint density at radius 2 is 1.73 bits per heavy atom. The molecule has 1 saturated heterocycles. The average Bonchev–Trinajstić information content (AvgIpc) is 2.95. The Labute approximate surface area is 148 Å². The number of nitrogens with zero attached hydrogens (tertiary/aromatic N) is 1. The Morgan fingerprint density at radius 3 is 2.35 bits per heavy atom. The monoisotopic (exact) mass is 362 g/mol. The van der Waals surface area contributed by atoms with Crippen LogP contribution >= 0.6 is 0 Å². The van der Waals surface area contributed by atoms with Gasteiger partial charge in [0.2, 0.25) is 5.91 Å². The Kier molecular flexibility index (Phi) is 4.97. The zero-order valence-electron chi connectivity index (χ0n) is 13.8. The van der Waals surface area contributed by atoms with Gasteiger partial charge in [-0.3, -0.25) is 9.59 Å². The number of rotatable bonds is 4. The van der Waals surface area contributed by atoms with Crippen molar-refractivity contribution in [3.05, 3.63) is 71.3 Å². The first-order valence-electron chi connectivity index (χ1n) is 8.15. The number of hydrogen-bond acceptors (Lipinski definition) is 2. The van der Waals surface area contributed by atoms with E-state index >= 15 is 0 Å². The number of carbonyl (C=O) groups is 2. The lowest BCUT2D eigenvalue weighted by Crippen LogP contribution is -2.41. The van der Waals surface area contributed by atoms with Crippen molar-refractivity contribution in [2.24, 2.45) is 0 Å². The van der Waals surface area contributed by atoms with Crippen LogP contribution in [0.5, 0.6) is 0 Å². The summed E-state index contributed by atoms with van der Waals surface area (Å²) in [4.78, 5) is 26.3. The molecular formula is C19H17F3N2O2. The average molecular weight is 362 g/mol. The van der Waals surface area contributed by atoms with Gasteiger partial charge in [-0.1, -0.05) is 30.3 Å². The molecule has 0 bridgehead atoms. The van der Waals surface area contributed by atoms with Gasteiger partial charge in [0.05, 0.1) is 5.56 Å². The van der Waals surface area contributed by atoms with Crippen LogP contribution in [0.4, 0.5) is 13.2 Å². The molecule has 4 nitrogen and oxygen atoms in total. The maximum absolute atomic E-state index is 12.6. The van der Waals surface area contributed by atoms with Gasteiger partial charge in [0.1, 0.15) is 6.04 Å². The third-order valence-electron chi connectivity index (χ3n) is 4.29. The van der Waals surface area contributed by atoms with Crippen LogP contribution in [-0.4, -0.2) is 29.3 Å². The van der Waals surface area contributed by atoms with Gasteiger partial charge in [-0.25, -0.2) is 0 Å². The highest BCUT2D eigenvalue weighted by Gasteiger charge is 2.33. The van der Waals surface area contributed by atoms with Crippen molar-refractivity contribution in [3.8, 4) is 0 Å². The van der Waals surface area contributed by atoms with Crippen molar-refractivity contribution in [2.45, 2.75) is 25.2 Å². The molecule has 1 aliphatic rings. The molecule has 136 valence electrons. The van der Waals surface area contributed by atoms with Crippen molar-refractivity contribution in [3.63, 3.8) is 0 Å². The van der Waals surface area contributed by atoms with Crippen molar-refractivity contribution in [1.82, 2.24) is 10.2 Å². The molecule has 0 aromatic heterocycles. The van der Waals surface area contributed by atoms with Crippen molar-refractivity contribution < 1.29 is 22.8 Å². The lowest BCUT2D eigenvalue weighted by molar-refractivity contribution is -0.137. The Bertz CT molecular complexity index is 789. The van der Waals surface area contributed by atoms with Crippen LogP contribution in [0.3, 0.4) is 0 Å². The minimum Gasteiger partial charge on any atom is -0.340 e. The Morgan fingerprint density at radius 1 is 1.08 bits per heavy atom. The summed E-state index contributed by atoms with van der Waals surface area (Å²) in [5, 5.41) is 2.61. The molecule has 1 fully saturated rings. The summed E-state index contributed by atoms with van der Waals surface area (Å²) in [7, 11) is 0. The Hall–Kier alpha value is -2.83. The first-order valence-corrected chi connectivity index (χ1v) is 8.15. The van der Waals surface area contributed by atoms with Gasteiger partial charge < -0.3 is 10.2 Å². The zero-order chi connectivity index (χ0) is 18.7. The highest BCUT2D eigenvalue weighted by atomic mass is 19.4. The number of nitrogens with one attached hydrogen (secondary N) is 1. The third-order valence-corrected chi connectivity index (χ3v) is 4.29. The van der Waals surface area contributed by atoms with E-state index in [2.05, 4.69) is 5.32 Å². The summed E-state index contributed by atoms with van der Waals surface area (Å²) in [5.41, 5.74) is 0.267. The fourth-order valence-electron chi connectivity index (χ4n) is 2.89. The molecular weight excluding hydrogens is 345 g/mol. The second kappa shape index (κ2) is 7.19. The van der Waals surface area contributed by atoms with Crippen molar-refractivity contribution in [1.29, 1.82) is 0 Å². The van der Waals surface area contributed by atoms with Gasteiger partial charge in [0, 0.05) is 18.7 Å². The van der Waals surface area contributed by atoms with E-state index in [1.807, 2.05) is 30.3 Å². The van der Waals surface area contributed by atoms with Crippen LogP contribution in [-0.2, 0) is 17.5 Å². The number of carbonyl (C=O) groups excluding carboxylic acids is 2. The van der Waals surface area contributed by atoms with E-state index in [0.29, 0.717) is 19.5 Å². The SMILES string of the molecule is O=C(NC1CCN(Cc2ccccc2)C1=O)c1ccc(C(F)(F)F)cc1. The quantitative estimate of drug-likeness (QED) is 0.908. The second-order valence-electron chi connectivity index (χ2n) is 6.14. The fourth-order valence-corrected chi connectivity index (χ4v) is 2.89. The van der Waals surface area contributed by atoms with Crippen LogP contribution < -0.4 is 5.32 Å². The molecule has 0 aliphatic carbocycles. The Balaban J connectivity index is 1.60. The van der Waals surface area contributed by atoms with Crippen molar-refractivity contribution >= 4 is 11.8 Å². The van der Waals surface area contributed by atoms with E-state index in [1.165, 1.54) is 0 Å². The van der Waals surface area contributed by atoms with E-state index in [1.54, 1.807) is 4.90 Å². The molecule has 1 unspecified atom stereocenters. The minimum atomic E-state index is -4.45. The number of benzene rings is 2. The molecule has 1 N–H and O–H groups in total. The number of amides is 2. The molecule has 2 amide bonds. The zero-order valence-corrected chi connectivity index (χ0v) is 13.8. The van der Waals surface area contributed by atoms with Gasteiger partial charge in [0.15, 0.2) is 0 Å². The first kappa shape index (κ1) is 18.0. The summed E-state index contributed by atoms with van der Waals surface area (Å²) in [6.45, 7) is 0.984. The van der Waals surface area contributed by atoms with E-state index in [0.717, 1.165) is 29.8 Å². The van der Waals surface area contributed by atoms with Gasteiger partial charge in [0.25, 0.3) is 5.91 Å². The first-order chi connectivity index (χ1) is 12.3. The molecule has 0 saturated carbocycles. The van der Waals surface area contributed by atoms with Gasteiger partial charge in [-0.15, -0.1) is 0 Å². The van der Waals surface area contributed by atoms with E-state index < -0.39 is 23.7 Å². The summed E-state index contributed by atoms with van der Waals surface area (Å²) in [6.07, 6.45) is -3.98. The standard InChI is InChI=1S/C19H17F3N2O2/c20-19(21,22)15-8-6-14(7-9-15)17(25)23-16-10-11-24(18(16)26)12-13-4-2-1-3-5-13/h1-9,16H,10-12H2,(H,23,25). The van der Waals surface area contributed by atoms with Crippen molar-refractivity contribution in [2.75, 3.05) is 6.54 Å². The number of likely N-dealkylation sites (tertiary alicyclic amines) is 1. The fraction of sp³-hybridized carbons (Fsp3) is 0.263. The highest BCUT2D eigenvalue weighted by Crippen LogP contribution is 2.29. The molecule has 2 aromatic carbocycles. The van der Waals surface area contributed by atoms with E-state index in [-0.39, 0.29) is 11.5 Å². The van der Waals surface area contributed by atoms with Crippen LogP contribution in [0, 0.1) is 0 Å². The molecule has 7 heteroatoms.